The van der Waals surface area contributed by atoms with E-state index in [4.69, 9.17) is 10.5 Å². The van der Waals surface area contributed by atoms with Crippen molar-refractivity contribution in [3.63, 3.8) is 0 Å². The van der Waals surface area contributed by atoms with Crippen LogP contribution < -0.4 is 10.5 Å². The minimum atomic E-state index is 0.470. The first-order chi connectivity index (χ1) is 9.21. The fraction of sp³-hybridized carbons (Fsp3) is 0.333. The molecule has 102 valence electrons. The van der Waals surface area contributed by atoms with Crippen LogP contribution in [0.15, 0.2) is 40.2 Å². The summed E-state index contributed by atoms with van der Waals surface area (Å²) in [6, 6.07) is 10.4. The van der Waals surface area contributed by atoms with E-state index in [1.54, 1.807) is 18.4 Å². The van der Waals surface area contributed by atoms with Gasteiger partial charge in [0, 0.05) is 14.7 Å². The van der Waals surface area contributed by atoms with Crippen LogP contribution in [0.2, 0.25) is 0 Å². The monoisotopic (exact) mass is 339 g/mol. The van der Waals surface area contributed by atoms with Crippen molar-refractivity contribution in [1.82, 2.24) is 0 Å². The molecule has 2 nitrogen and oxygen atoms in total. The van der Waals surface area contributed by atoms with Gasteiger partial charge in [-0.1, -0.05) is 12.1 Å². The molecule has 0 aliphatic rings. The maximum Gasteiger partial charge on any atom is 0.119 e. The van der Waals surface area contributed by atoms with E-state index >= 15 is 0 Å². The number of halogens is 1. The van der Waals surface area contributed by atoms with E-state index in [1.165, 1.54) is 10.4 Å². The van der Waals surface area contributed by atoms with Gasteiger partial charge >= 0.3 is 0 Å². The minimum absolute atomic E-state index is 0.470. The summed E-state index contributed by atoms with van der Waals surface area (Å²) in [5.41, 5.74) is 7.19. The maximum absolute atomic E-state index is 5.91. The molecule has 1 heterocycles. The molecule has 2 aromatic rings. The summed E-state index contributed by atoms with van der Waals surface area (Å²) in [4.78, 5) is 1.38. The summed E-state index contributed by atoms with van der Waals surface area (Å²) in [6.45, 7) is 0.701. The fourth-order valence-electron chi connectivity index (χ4n) is 2.12. The molecular formula is C15H18BrNOS. The highest BCUT2D eigenvalue weighted by atomic mass is 79.9. The Morgan fingerprint density at radius 1 is 1.32 bits per heavy atom. The van der Waals surface area contributed by atoms with Gasteiger partial charge in [0.25, 0.3) is 0 Å². The van der Waals surface area contributed by atoms with E-state index in [0.29, 0.717) is 12.5 Å². The van der Waals surface area contributed by atoms with Gasteiger partial charge in [-0.3, -0.25) is 0 Å². The number of methoxy groups -OCH3 is 1. The third-order valence-corrected chi connectivity index (χ3v) is 4.82. The van der Waals surface area contributed by atoms with Gasteiger partial charge in [-0.25, -0.2) is 0 Å². The fourth-order valence-corrected chi connectivity index (χ4v) is 3.68. The van der Waals surface area contributed by atoms with Gasteiger partial charge in [-0.2, -0.15) is 0 Å². The largest absolute Gasteiger partial charge is 0.497 e. The van der Waals surface area contributed by atoms with Crippen molar-refractivity contribution >= 4 is 27.3 Å². The van der Waals surface area contributed by atoms with Crippen LogP contribution >= 0.6 is 27.3 Å². The highest BCUT2D eigenvalue weighted by Crippen LogP contribution is 2.24. The van der Waals surface area contributed by atoms with Gasteiger partial charge in [-0.05, 0) is 65.0 Å². The van der Waals surface area contributed by atoms with E-state index < -0.39 is 0 Å². The topological polar surface area (TPSA) is 35.2 Å². The van der Waals surface area contributed by atoms with E-state index in [1.807, 2.05) is 12.1 Å². The molecule has 0 fully saturated rings. The summed E-state index contributed by atoms with van der Waals surface area (Å²) < 4.78 is 6.41. The number of nitrogens with two attached hydrogens (primary N) is 1. The number of rotatable bonds is 6. The Kier molecular flexibility index (Phi) is 5.43. The molecule has 2 rings (SSSR count). The van der Waals surface area contributed by atoms with Crippen molar-refractivity contribution in [2.24, 2.45) is 11.7 Å². The second-order valence-electron chi connectivity index (χ2n) is 4.59. The first-order valence-corrected chi connectivity index (χ1v) is 7.94. The van der Waals surface area contributed by atoms with Crippen LogP contribution in [-0.4, -0.2) is 13.7 Å². The zero-order valence-corrected chi connectivity index (χ0v) is 13.3. The Morgan fingerprint density at radius 3 is 2.79 bits per heavy atom. The third kappa shape index (κ3) is 4.34. The average molecular weight is 340 g/mol. The lowest BCUT2D eigenvalue weighted by molar-refractivity contribution is 0.413. The van der Waals surface area contributed by atoms with Crippen LogP contribution in [0.4, 0.5) is 0 Å². The van der Waals surface area contributed by atoms with Crippen molar-refractivity contribution in [1.29, 1.82) is 0 Å². The van der Waals surface area contributed by atoms with Crippen LogP contribution in [-0.2, 0) is 12.8 Å². The van der Waals surface area contributed by atoms with E-state index in [-0.39, 0.29) is 0 Å². The molecule has 1 aromatic carbocycles. The average Bonchev–Trinajstić information content (AvgIpc) is 2.83. The second-order valence-corrected chi connectivity index (χ2v) is 6.50. The van der Waals surface area contributed by atoms with Gasteiger partial charge in [0.05, 0.1) is 7.11 Å². The van der Waals surface area contributed by atoms with E-state index in [9.17, 15) is 0 Å². The lowest BCUT2D eigenvalue weighted by Gasteiger charge is -2.14. The smallest absolute Gasteiger partial charge is 0.119 e. The van der Waals surface area contributed by atoms with Crippen LogP contribution in [0.25, 0.3) is 0 Å². The molecule has 1 aromatic heterocycles. The summed E-state index contributed by atoms with van der Waals surface area (Å²) in [5, 5.41) is 2.12. The van der Waals surface area contributed by atoms with Crippen molar-refractivity contribution in [2.45, 2.75) is 12.8 Å². The van der Waals surface area contributed by atoms with Gasteiger partial charge in [0.15, 0.2) is 0 Å². The molecule has 0 amide bonds. The molecule has 0 aliphatic heterocycles. The number of ether oxygens (including phenoxy) is 1. The molecule has 2 N–H and O–H groups in total. The Bertz CT molecular complexity index is 526. The summed E-state index contributed by atoms with van der Waals surface area (Å²) in [5.74, 6) is 1.38. The van der Waals surface area contributed by atoms with Crippen molar-refractivity contribution in [2.75, 3.05) is 13.7 Å². The Hall–Kier alpha value is -0.840. The normalized spacial score (nSPS) is 12.4. The predicted octanol–water partition coefficient (Wildman–Crippen LogP) is 3.88. The zero-order valence-electron chi connectivity index (χ0n) is 10.9. The highest BCUT2D eigenvalue weighted by molar-refractivity contribution is 9.10. The predicted molar refractivity (Wildman–Crippen MR) is 85.0 cm³/mol. The lowest BCUT2D eigenvalue weighted by Crippen LogP contribution is -2.19. The first-order valence-electron chi connectivity index (χ1n) is 6.27. The van der Waals surface area contributed by atoms with Crippen LogP contribution in [0.3, 0.4) is 0 Å². The molecule has 0 bridgehead atoms. The van der Waals surface area contributed by atoms with Gasteiger partial charge in [0.1, 0.15) is 5.75 Å². The van der Waals surface area contributed by atoms with Crippen LogP contribution in [0.1, 0.15) is 10.4 Å². The summed E-state index contributed by atoms with van der Waals surface area (Å²) in [6.07, 6.45) is 2.02. The van der Waals surface area contributed by atoms with Gasteiger partial charge in [-0.15, -0.1) is 11.3 Å². The molecule has 1 unspecified atom stereocenters. The molecule has 19 heavy (non-hydrogen) atoms. The number of benzene rings is 1. The quantitative estimate of drug-likeness (QED) is 0.866. The molecule has 0 radical (unpaired) electrons. The second kappa shape index (κ2) is 7.08. The Labute approximate surface area is 126 Å². The summed E-state index contributed by atoms with van der Waals surface area (Å²) in [7, 11) is 1.70. The number of hydrogen-bond acceptors (Lipinski definition) is 3. The Balaban J connectivity index is 2.01. The SMILES string of the molecule is COc1cccc(CC(CN)Cc2cc(Br)cs2)c1. The van der Waals surface area contributed by atoms with Crippen molar-refractivity contribution in [3.8, 4) is 5.75 Å². The third-order valence-electron chi connectivity index (χ3n) is 3.10. The van der Waals surface area contributed by atoms with Crippen molar-refractivity contribution < 1.29 is 4.74 Å². The minimum Gasteiger partial charge on any atom is -0.497 e. The lowest BCUT2D eigenvalue weighted by atomic mass is 9.95. The molecule has 0 spiro atoms. The first kappa shape index (κ1) is 14.6. The molecule has 0 saturated carbocycles. The van der Waals surface area contributed by atoms with E-state index in [2.05, 4.69) is 39.5 Å². The Morgan fingerprint density at radius 2 is 2.16 bits per heavy atom. The van der Waals surface area contributed by atoms with Gasteiger partial charge < -0.3 is 10.5 Å². The standard InChI is InChI=1S/C15H18BrNOS/c1-18-14-4-2-3-11(6-14)5-12(9-17)7-15-8-13(16)10-19-15/h2-4,6,8,10,12H,5,7,9,17H2,1H3. The number of thiophene rings is 1. The van der Waals surface area contributed by atoms with E-state index in [0.717, 1.165) is 23.1 Å². The zero-order chi connectivity index (χ0) is 13.7. The van der Waals surface area contributed by atoms with Crippen LogP contribution in [0, 0.1) is 5.92 Å². The molecule has 0 aliphatic carbocycles. The van der Waals surface area contributed by atoms with Crippen LogP contribution in [0.5, 0.6) is 5.75 Å². The highest BCUT2D eigenvalue weighted by Gasteiger charge is 2.11. The van der Waals surface area contributed by atoms with Crippen molar-refractivity contribution in [3.05, 3.63) is 50.6 Å². The molecule has 0 saturated heterocycles. The molecular weight excluding hydrogens is 322 g/mol. The maximum atomic E-state index is 5.91. The molecule has 1 atom stereocenters. The summed E-state index contributed by atoms with van der Waals surface area (Å²) >= 11 is 5.28. The molecule has 4 heteroatoms. The van der Waals surface area contributed by atoms with Gasteiger partial charge in [0.2, 0.25) is 0 Å². The number of hydrogen-bond donors (Lipinski definition) is 1.